The Balaban J connectivity index is 1.63. The lowest BCUT2D eigenvalue weighted by molar-refractivity contribution is -0.138. The van der Waals surface area contributed by atoms with Gasteiger partial charge in [0.2, 0.25) is 5.91 Å². The minimum absolute atomic E-state index is 0.00438. The minimum atomic E-state index is -0.835. The first-order valence-electron chi connectivity index (χ1n) is 8.38. The first kappa shape index (κ1) is 16.5. The van der Waals surface area contributed by atoms with Crippen molar-refractivity contribution in [3.05, 3.63) is 48.0 Å². The molecule has 2 unspecified atom stereocenters. The first-order chi connectivity index (χ1) is 11.4. The van der Waals surface area contributed by atoms with Gasteiger partial charge in [-0.1, -0.05) is 42.5 Å². The number of carboxylic acid groups (broad SMARTS) is 1. The predicted molar refractivity (Wildman–Crippen MR) is 93.9 cm³/mol. The highest BCUT2D eigenvalue weighted by atomic mass is 16.4. The Bertz CT molecular complexity index is 781. The molecule has 0 spiro atoms. The number of nitrogens with one attached hydrogen (secondary N) is 1. The van der Waals surface area contributed by atoms with Crippen LogP contribution in [0.1, 0.15) is 44.6 Å². The van der Waals surface area contributed by atoms with E-state index in [1.54, 1.807) is 0 Å². The number of fused-ring (bicyclic) bond motifs is 1. The van der Waals surface area contributed by atoms with Crippen LogP contribution in [0.5, 0.6) is 0 Å². The summed E-state index contributed by atoms with van der Waals surface area (Å²) in [5.41, 5.74) is 0.712. The Morgan fingerprint density at radius 1 is 1.17 bits per heavy atom. The highest BCUT2D eigenvalue weighted by Gasteiger charge is 2.45. The maximum atomic E-state index is 12.5. The SMILES string of the molecule is CC(C)(CCC(=O)O)NC(=O)C1CC1c1ccc2ccccc2c1. The Hall–Kier alpha value is -2.36. The van der Waals surface area contributed by atoms with Crippen LogP contribution in [0.25, 0.3) is 10.8 Å². The van der Waals surface area contributed by atoms with Crippen molar-refractivity contribution in [3.8, 4) is 0 Å². The van der Waals surface area contributed by atoms with Gasteiger partial charge >= 0.3 is 5.97 Å². The van der Waals surface area contributed by atoms with Crippen LogP contribution in [-0.2, 0) is 9.59 Å². The van der Waals surface area contributed by atoms with Crippen molar-refractivity contribution in [2.45, 2.75) is 44.6 Å². The lowest BCUT2D eigenvalue weighted by Gasteiger charge is -2.25. The Kier molecular flexibility index (Phi) is 4.31. The number of carbonyl (C=O) groups excluding carboxylic acids is 1. The van der Waals surface area contributed by atoms with E-state index in [0.717, 1.165) is 6.42 Å². The zero-order valence-electron chi connectivity index (χ0n) is 14.1. The molecule has 0 bridgehead atoms. The van der Waals surface area contributed by atoms with E-state index in [1.165, 1.54) is 16.3 Å². The second-order valence-corrected chi connectivity index (χ2v) is 7.32. The fraction of sp³-hybridized carbons (Fsp3) is 0.400. The number of rotatable bonds is 6. The molecule has 0 radical (unpaired) electrons. The number of aliphatic carboxylic acids is 1. The van der Waals surface area contributed by atoms with Crippen molar-refractivity contribution in [3.63, 3.8) is 0 Å². The average molecular weight is 325 g/mol. The second-order valence-electron chi connectivity index (χ2n) is 7.32. The monoisotopic (exact) mass is 325 g/mol. The molecule has 0 aromatic heterocycles. The van der Waals surface area contributed by atoms with Crippen LogP contribution in [0.2, 0.25) is 0 Å². The van der Waals surface area contributed by atoms with E-state index in [9.17, 15) is 9.59 Å². The Morgan fingerprint density at radius 3 is 2.58 bits per heavy atom. The van der Waals surface area contributed by atoms with Crippen molar-refractivity contribution in [2.75, 3.05) is 0 Å². The van der Waals surface area contributed by atoms with Crippen LogP contribution >= 0.6 is 0 Å². The molecule has 1 aliphatic carbocycles. The quantitative estimate of drug-likeness (QED) is 0.851. The largest absolute Gasteiger partial charge is 0.481 e. The van der Waals surface area contributed by atoms with E-state index in [4.69, 9.17) is 5.11 Å². The fourth-order valence-electron chi connectivity index (χ4n) is 3.20. The van der Waals surface area contributed by atoms with Gasteiger partial charge in [0.25, 0.3) is 0 Å². The molecule has 3 rings (SSSR count). The molecule has 126 valence electrons. The van der Waals surface area contributed by atoms with E-state index in [1.807, 2.05) is 26.0 Å². The standard InChI is InChI=1S/C20H23NO3/c1-20(2,10-9-18(22)23)21-19(24)17-12-16(17)15-8-7-13-5-3-4-6-14(13)11-15/h3-8,11,16-17H,9-10,12H2,1-2H3,(H,21,24)(H,22,23). The number of carboxylic acids is 1. The summed E-state index contributed by atoms with van der Waals surface area (Å²) in [6.07, 6.45) is 1.35. The predicted octanol–water partition coefficient (Wildman–Crippen LogP) is 3.70. The third kappa shape index (κ3) is 3.75. The molecule has 24 heavy (non-hydrogen) atoms. The molecule has 2 aromatic carbocycles. The maximum Gasteiger partial charge on any atom is 0.303 e. The number of hydrogen-bond acceptors (Lipinski definition) is 2. The molecule has 2 N–H and O–H groups in total. The van der Waals surface area contributed by atoms with Crippen molar-refractivity contribution in [1.82, 2.24) is 5.32 Å². The van der Waals surface area contributed by atoms with E-state index in [2.05, 4.69) is 35.6 Å². The molecule has 0 saturated heterocycles. The summed E-state index contributed by atoms with van der Waals surface area (Å²) >= 11 is 0. The third-order valence-electron chi connectivity index (χ3n) is 4.75. The fourth-order valence-corrected chi connectivity index (χ4v) is 3.20. The lowest BCUT2D eigenvalue weighted by Crippen LogP contribution is -2.44. The Morgan fingerprint density at radius 2 is 1.88 bits per heavy atom. The second kappa shape index (κ2) is 6.27. The normalized spacial score (nSPS) is 19.9. The van der Waals surface area contributed by atoms with Gasteiger partial charge < -0.3 is 10.4 Å². The van der Waals surface area contributed by atoms with Crippen LogP contribution in [0, 0.1) is 5.92 Å². The van der Waals surface area contributed by atoms with E-state index in [-0.39, 0.29) is 24.2 Å². The van der Waals surface area contributed by atoms with Gasteiger partial charge in [0.15, 0.2) is 0 Å². The van der Waals surface area contributed by atoms with Crippen LogP contribution in [0.15, 0.2) is 42.5 Å². The Labute approximate surface area is 141 Å². The van der Waals surface area contributed by atoms with Gasteiger partial charge in [0.1, 0.15) is 0 Å². The highest BCUT2D eigenvalue weighted by Crippen LogP contribution is 2.48. The molecule has 1 fully saturated rings. The molecule has 2 atom stereocenters. The zero-order valence-corrected chi connectivity index (χ0v) is 14.1. The summed E-state index contributed by atoms with van der Waals surface area (Å²) in [5.74, 6) is -0.540. The summed E-state index contributed by atoms with van der Waals surface area (Å²) in [7, 11) is 0. The summed E-state index contributed by atoms with van der Waals surface area (Å²) in [6.45, 7) is 3.75. The third-order valence-corrected chi connectivity index (χ3v) is 4.75. The topological polar surface area (TPSA) is 66.4 Å². The smallest absolute Gasteiger partial charge is 0.303 e. The zero-order chi connectivity index (χ0) is 17.3. The summed E-state index contributed by atoms with van der Waals surface area (Å²) in [6, 6.07) is 14.6. The van der Waals surface area contributed by atoms with E-state index in [0.29, 0.717) is 6.42 Å². The van der Waals surface area contributed by atoms with Crippen molar-refractivity contribution in [2.24, 2.45) is 5.92 Å². The minimum Gasteiger partial charge on any atom is -0.481 e. The molecule has 0 aliphatic heterocycles. The molecule has 4 heteroatoms. The summed E-state index contributed by atoms with van der Waals surface area (Å²) in [4.78, 5) is 23.2. The van der Waals surface area contributed by atoms with Gasteiger partial charge in [-0.25, -0.2) is 0 Å². The molecule has 4 nitrogen and oxygen atoms in total. The van der Waals surface area contributed by atoms with Gasteiger partial charge in [0.05, 0.1) is 0 Å². The molecule has 1 aliphatic rings. The van der Waals surface area contributed by atoms with Gasteiger partial charge in [0, 0.05) is 17.9 Å². The molecular weight excluding hydrogens is 302 g/mol. The number of carbonyl (C=O) groups is 2. The van der Waals surface area contributed by atoms with E-state index >= 15 is 0 Å². The van der Waals surface area contributed by atoms with Crippen LogP contribution in [0.4, 0.5) is 0 Å². The van der Waals surface area contributed by atoms with Crippen LogP contribution in [-0.4, -0.2) is 22.5 Å². The van der Waals surface area contributed by atoms with Gasteiger partial charge in [-0.3, -0.25) is 9.59 Å². The van der Waals surface area contributed by atoms with Crippen molar-refractivity contribution >= 4 is 22.6 Å². The highest BCUT2D eigenvalue weighted by molar-refractivity contribution is 5.86. The first-order valence-corrected chi connectivity index (χ1v) is 8.38. The van der Waals surface area contributed by atoms with Crippen molar-refractivity contribution in [1.29, 1.82) is 0 Å². The van der Waals surface area contributed by atoms with Crippen molar-refractivity contribution < 1.29 is 14.7 Å². The maximum absolute atomic E-state index is 12.5. The molecule has 1 saturated carbocycles. The summed E-state index contributed by atoms with van der Waals surface area (Å²) < 4.78 is 0. The van der Waals surface area contributed by atoms with Gasteiger partial charge in [-0.2, -0.15) is 0 Å². The number of hydrogen-bond donors (Lipinski definition) is 2. The lowest BCUT2D eigenvalue weighted by atomic mass is 9.97. The van der Waals surface area contributed by atoms with E-state index < -0.39 is 11.5 Å². The van der Waals surface area contributed by atoms with Gasteiger partial charge in [-0.05, 0) is 48.9 Å². The number of benzene rings is 2. The van der Waals surface area contributed by atoms with Crippen LogP contribution < -0.4 is 5.32 Å². The average Bonchev–Trinajstić information content (AvgIpc) is 3.33. The molecule has 1 amide bonds. The molecule has 0 heterocycles. The molecular formula is C20H23NO3. The number of amides is 1. The van der Waals surface area contributed by atoms with Gasteiger partial charge in [-0.15, -0.1) is 0 Å². The summed E-state index contributed by atoms with van der Waals surface area (Å²) in [5, 5.41) is 14.2. The molecule has 2 aromatic rings. The van der Waals surface area contributed by atoms with Crippen LogP contribution in [0.3, 0.4) is 0 Å².